The van der Waals surface area contributed by atoms with E-state index in [2.05, 4.69) is 53.7 Å². The normalized spacial score (nSPS) is 14.7. The lowest BCUT2D eigenvalue weighted by atomic mass is 9.94. The molecule has 0 fully saturated rings. The largest absolute Gasteiger partial charge is 0.0839 e. The van der Waals surface area contributed by atoms with Gasteiger partial charge in [-0.3, -0.25) is 0 Å². The Labute approximate surface area is 77.4 Å². The van der Waals surface area contributed by atoms with Crippen LogP contribution < -0.4 is 0 Å². The lowest BCUT2D eigenvalue weighted by molar-refractivity contribution is 0.760. The van der Waals surface area contributed by atoms with Crippen LogP contribution in [-0.2, 0) is 0 Å². The molecule has 0 saturated carbocycles. The van der Waals surface area contributed by atoms with Crippen molar-refractivity contribution in [1.29, 1.82) is 0 Å². The summed E-state index contributed by atoms with van der Waals surface area (Å²) in [7, 11) is 0. The second kappa shape index (κ2) is 5.18. The summed E-state index contributed by atoms with van der Waals surface area (Å²) in [5.74, 6) is 1.30. The van der Waals surface area contributed by atoms with E-state index in [0.29, 0.717) is 11.8 Å². The molecule has 0 nitrogen and oxygen atoms in total. The van der Waals surface area contributed by atoms with E-state index in [-0.39, 0.29) is 0 Å². The molecule has 0 heterocycles. The van der Waals surface area contributed by atoms with Crippen LogP contribution in [0.25, 0.3) is 0 Å². The minimum Gasteiger partial charge on any atom is -0.0839 e. The smallest absolute Gasteiger partial charge is 0.0220 e. The van der Waals surface area contributed by atoms with Crippen LogP contribution in [0.1, 0.15) is 41.5 Å². The van der Waals surface area contributed by atoms with Gasteiger partial charge >= 0.3 is 0 Å². The molecule has 0 saturated heterocycles. The summed E-state index contributed by atoms with van der Waals surface area (Å²) in [5, 5.41) is 0. The molecule has 0 aliphatic heterocycles. The van der Waals surface area contributed by atoms with Gasteiger partial charge in [-0.1, -0.05) is 45.4 Å². The van der Waals surface area contributed by atoms with Crippen molar-refractivity contribution >= 4 is 0 Å². The molecule has 0 heteroatoms. The Morgan fingerprint density at radius 3 is 1.83 bits per heavy atom. The van der Waals surface area contributed by atoms with Crippen LogP contribution in [0.2, 0.25) is 0 Å². The van der Waals surface area contributed by atoms with E-state index >= 15 is 0 Å². The van der Waals surface area contributed by atoms with Crippen LogP contribution in [0.15, 0.2) is 23.3 Å². The van der Waals surface area contributed by atoms with Crippen molar-refractivity contribution in [2.45, 2.75) is 41.5 Å². The summed E-state index contributed by atoms with van der Waals surface area (Å²) in [5.41, 5.74) is 2.91. The Morgan fingerprint density at radius 1 is 1.08 bits per heavy atom. The van der Waals surface area contributed by atoms with Crippen LogP contribution in [-0.4, -0.2) is 0 Å². The lowest BCUT2D eigenvalue weighted by Crippen LogP contribution is -1.96. The zero-order valence-corrected chi connectivity index (χ0v) is 9.31. The van der Waals surface area contributed by atoms with Gasteiger partial charge in [0, 0.05) is 0 Å². The molecule has 0 aliphatic rings. The highest BCUT2D eigenvalue weighted by atomic mass is 14.1. The number of hydrogen-bond acceptors (Lipinski definition) is 0. The van der Waals surface area contributed by atoms with E-state index in [9.17, 15) is 0 Å². The predicted octanol–water partition coefficient (Wildman–Crippen LogP) is 4.19. The van der Waals surface area contributed by atoms with Gasteiger partial charge in [0.05, 0.1) is 0 Å². The molecular weight excluding hydrogens is 144 g/mol. The Balaban J connectivity index is 4.55. The van der Waals surface area contributed by atoms with Gasteiger partial charge in [0.15, 0.2) is 0 Å². The number of hydrogen-bond donors (Lipinski definition) is 0. The summed E-state index contributed by atoms with van der Waals surface area (Å²) in [4.78, 5) is 0. The Bertz CT molecular complexity index is 180. The molecule has 0 rings (SSSR count). The van der Waals surface area contributed by atoms with Crippen LogP contribution >= 0.6 is 0 Å². The number of rotatable bonds is 3. The average Bonchev–Trinajstić information content (AvgIpc) is 1.85. The Kier molecular flexibility index (Phi) is 4.96. The van der Waals surface area contributed by atoms with Crippen molar-refractivity contribution in [2.24, 2.45) is 11.8 Å². The van der Waals surface area contributed by atoms with Crippen molar-refractivity contribution in [3.63, 3.8) is 0 Å². The second-order valence-corrected chi connectivity index (χ2v) is 3.99. The molecule has 0 aromatic rings. The second-order valence-electron chi connectivity index (χ2n) is 3.99. The first-order chi connectivity index (χ1) is 5.49. The Morgan fingerprint density at radius 2 is 1.58 bits per heavy atom. The fourth-order valence-electron chi connectivity index (χ4n) is 1.61. The summed E-state index contributed by atoms with van der Waals surface area (Å²) in [6.07, 6.45) is 4.55. The highest BCUT2D eigenvalue weighted by molar-refractivity contribution is 5.30. The highest BCUT2D eigenvalue weighted by Crippen LogP contribution is 2.20. The molecule has 0 aliphatic carbocycles. The molecule has 70 valence electrons. The van der Waals surface area contributed by atoms with Gasteiger partial charge in [-0.15, -0.1) is 0 Å². The minimum atomic E-state index is 0.644. The van der Waals surface area contributed by atoms with Crippen LogP contribution in [0.4, 0.5) is 0 Å². The SMILES string of the molecule is CC=C(C(C)=CC(C)C)C(C)C. The van der Waals surface area contributed by atoms with Crippen molar-refractivity contribution in [1.82, 2.24) is 0 Å². The molecular formula is C12H22. The first-order valence-corrected chi connectivity index (χ1v) is 4.84. The third-order valence-corrected chi connectivity index (χ3v) is 1.97. The zero-order chi connectivity index (χ0) is 9.72. The highest BCUT2D eigenvalue weighted by Gasteiger charge is 2.03. The van der Waals surface area contributed by atoms with Gasteiger partial charge in [0.1, 0.15) is 0 Å². The summed E-state index contributed by atoms with van der Waals surface area (Å²) in [6, 6.07) is 0. The molecule has 0 amide bonds. The van der Waals surface area contributed by atoms with E-state index in [1.807, 2.05) is 0 Å². The van der Waals surface area contributed by atoms with E-state index < -0.39 is 0 Å². The predicted molar refractivity (Wildman–Crippen MR) is 57.2 cm³/mol. The van der Waals surface area contributed by atoms with Crippen molar-refractivity contribution < 1.29 is 0 Å². The van der Waals surface area contributed by atoms with Gasteiger partial charge in [0.2, 0.25) is 0 Å². The molecule has 0 aromatic carbocycles. The number of allylic oxidation sites excluding steroid dienone is 4. The minimum absolute atomic E-state index is 0.644. The van der Waals surface area contributed by atoms with Crippen molar-refractivity contribution in [3.8, 4) is 0 Å². The van der Waals surface area contributed by atoms with Crippen LogP contribution in [0.5, 0.6) is 0 Å². The van der Waals surface area contributed by atoms with E-state index in [1.165, 1.54) is 11.1 Å². The third-order valence-electron chi connectivity index (χ3n) is 1.97. The van der Waals surface area contributed by atoms with Gasteiger partial charge in [0.25, 0.3) is 0 Å². The van der Waals surface area contributed by atoms with Gasteiger partial charge in [-0.2, -0.15) is 0 Å². The van der Waals surface area contributed by atoms with E-state index in [4.69, 9.17) is 0 Å². The fourth-order valence-corrected chi connectivity index (χ4v) is 1.61. The van der Waals surface area contributed by atoms with Gasteiger partial charge in [-0.05, 0) is 31.3 Å². The van der Waals surface area contributed by atoms with E-state index in [1.54, 1.807) is 0 Å². The zero-order valence-electron chi connectivity index (χ0n) is 9.31. The molecule has 12 heavy (non-hydrogen) atoms. The topological polar surface area (TPSA) is 0 Å². The molecule has 0 unspecified atom stereocenters. The lowest BCUT2D eigenvalue weighted by Gasteiger charge is -2.12. The first kappa shape index (κ1) is 11.5. The van der Waals surface area contributed by atoms with Crippen molar-refractivity contribution in [2.75, 3.05) is 0 Å². The maximum Gasteiger partial charge on any atom is -0.0220 e. The maximum absolute atomic E-state index is 2.33. The summed E-state index contributed by atoms with van der Waals surface area (Å²) in [6.45, 7) is 13.2. The molecule has 0 N–H and O–H groups in total. The molecule has 0 aromatic heterocycles. The summed E-state index contributed by atoms with van der Waals surface area (Å²) < 4.78 is 0. The third kappa shape index (κ3) is 3.75. The monoisotopic (exact) mass is 166 g/mol. The quantitative estimate of drug-likeness (QED) is 0.551. The van der Waals surface area contributed by atoms with Gasteiger partial charge < -0.3 is 0 Å². The Hall–Kier alpha value is -0.520. The molecule has 0 spiro atoms. The first-order valence-electron chi connectivity index (χ1n) is 4.84. The fraction of sp³-hybridized carbons (Fsp3) is 0.667. The molecule has 0 radical (unpaired) electrons. The summed E-state index contributed by atoms with van der Waals surface area (Å²) >= 11 is 0. The average molecular weight is 166 g/mol. The standard InChI is InChI=1S/C12H22/c1-7-12(10(4)5)11(6)8-9(2)3/h7-10H,1-6H3. The van der Waals surface area contributed by atoms with E-state index in [0.717, 1.165) is 0 Å². The van der Waals surface area contributed by atoms with Crippen LogP contribution in [0.3, 0.4) is 0 Å². The van der Waals surface area contributed by atoms with Crippen molar-refractivity contribution in [3.05, 3.63) is 23.3 Å². The molecule has 0 atom stereocenters. The van der Waals surface area contributed by atoms with Gasteiger partial charge in [-0.25, -0.2) is 0 Å². The van der Waals surface area contributed by atoms with Crippen LogP contribution in [0, 0.1) is 11.8 Å². The molecule has 0 bridgehead atoms. The maximum atomic E-state index is 2.33.